The van der Waals surface area contributed by atoms with Crippen LogP contribution in [0.1, 0.15) is 0 Å². The van der Waals surface area contributed by atoms with E-state index in [1.54, 1.807) is 0 Å². The van der Waals surface area contributed by atoms with Gasteiger partial charge in [0, 0.05) is 25.9 Å². The third-order valence-electron chi connectivity index (χ3n) is 2.17. The fraction of sp³-hybridized carbons (Fsp3) is 0.286. The smallest absolute Gasteiger partial charge is 0.279 e. The Morgan fingerprint density at radius 1 is 1.20 bits per heavy atom. The lowest BCUT2D eigenvalue weighted by molar-refractivity contribution is 0.708. The highest BCUT2D eigenvalue weighted by atomic mass is 35.5. The molecular formula is C7H6Cl2N4O2. The zero-order chi connectivity index (χ0) is 11.3. The fourth-order valence-electron chi connectivity index (χ4n) is 1.34. The van der Waals surface area contributed by atoms with Gasteiger partial charge in [-0.2, -0.15) is 4.98 Å². The maximum Gasteiger partial charge on any atom is 0.332 e. The molecule has 0 unspecified atom stereocenters. The van der Waals surface area contributed by atoms with Crippen molar-refractivity contribution in [1.82, 2.24) is 18.2 Å². The lowest BCUT2D eigenvalue weighted by atomic mass is 10.5. The van der Waals surface area contributed by atoms with Gasteiger partial charge in [0.2, 0.25) is 5.28 Å². The van der Waals surface area contributed by atoms with Gasteiger partial charge in [0.05, 0.1) is 0 Å². The molecule has 2 rings (SSSR count). The van der Waals surface area contributed by atoms with Crippen LogP contribution in [0, 0.1) is 0 Å². The molecule has 6 nitrogen and oxygen atoms in total. The third-order valence-corrected chi connectivity index (χ3v) is 2.84. The lowest BCUT2D eigenvalue weighted by Crippen LogP contribution is -2.37. The highest BCUT2D eigenvalue weighted by molar-refractivity contribution is 6.33. The molecule has 0 radical (unpaired) electrons. The standard InChI is InChI=1S/C7H6Cl2N4O2/c1-11-4-3(13(9)6(8)10-4)5(14)12(2)7(11)15/h1-2H3. The molecule has 2 aromatic heterocycles. The topological polar surface area (TPSA) is 61.8 Å². The summed E-state index contributed by atoms with van der Waals surface area (Å²) in [6.07, 6.45) is 0. The molecule has 0 saturated carbocycles. The molecule has 8 heteroatoms. The number of imidazole rings is 1. The Kier molecular flexibility index (Phi) is 2.13. The van der Waals surface area contributed by atoms with Gasteiger partial charge in [-0.25, -0.2) is 8.88 Å². The minimum Gasteiger partial charge on any atom is -0.279 e. The van der Waals surface area contributed by atoms with Crippen LogP contribution >= 0.6 is 23.4 Å². The van der Waals surface area contributed by atoms with Crippen molar-refractivity contribution in [3.63, 3.8) is 0 Å². The monoisotopic (exact) mass is 248 g/mol. The van der Waals surface area contributed by atoms with E-state index in [1.165, 1.54) is 18.7 Å². The molecule has 15 heavy (non-hydrogen) atoms. The van der Waals surface area contributed by atoms with Gasteiger partial charge in [-0.3, -0.25) is 13.9 Å². The molecule has 0 N–H and O–H groups in total. The van der Waals surface area contributed by atoms with Crippen molar-refractivity contribution >= 4 is 34.5 Å². The van der Waals surface area contributed by atoms with Gasteiger partial charge in [0.15, 0.2) is 11.2 Å². The van der Waals surface area contributed by atoms with Crippen molar-refractivity contribution in [3.05, 3.63) is 26.1 Å². The molecule has 0 aliphatic rings. The number of rotatable bonds is 0. The summed E-state index contributed by atoms with van der Waals surface area (Å²) in [5.41, 5.74) is -0.740. The minimum atomic E-state index is -0.525. The second-order valence-electron chi connectivity index (χ2n) is 3.04. The number of hydrogen-bond acceptors (Lipinski definition) is 3. The second kappa shape index (κ2) is 3.11. The molecular weight excluding hydrogens is 243 g/mol. The van der Waals surface area contributed by atoms with E-state index < -0.39 is 11.2 Å². The molecule has 0 aliphatic heterocycles. The van der Waals surface area contributed by atoms with Crippen molar-refractivity contribution < 1.29 is 0 Å². The van der Waals surface area contributed by atoms with E-state index in [-0.39, 0.29) is 16.4 Å². The van der Waals surface area contributed by atoms with Crippen LogP contribution in [0.5, 0.6) is 0 Å². The Labute approximate surface area is 93.4 Å². The van der Waals surface area contributed by atoms with Crippen molar-refractivity contribution in [2.45, 2.75) is 0 Å². The van der Waals surface area contributed by atoms with Crippen molar-refractivity contribution in [2.75, 3.05) is 0 Å². The van der Waals surface area contributed by atoms with E-state index >= 15 is 0 Å². The lowest BCUT2D eigenvalue weighted by Gasteiger charge is -2.01. The van der Waals surface area contributed by atoms with Crippen LogP contribution < -0.4 is 11.2 Å². The predicted molar refractivity (Wildman–Crippen MR) is 56.5 cm³/mol. The Balaban J connectivity index is 3.23. The van der Waals surface area contributed by atoms with Crippen molar-refractivity contribution in [2.24, 2.45) is 14.1 Å². The first-order chi connectivity index (χ1) is 6.95. The first-order valence-electron chi connectivity index (χ1n) is 3.95. The Morgan fingerprint density at radius 3 is 2.40 bits per heavy atom. The molecule has 2 heterocycles. The summed E-state index contributed by atoms with van der Waals surface area (Å²) in [5.74, 6) is 0. The van der Waals surface area contributed by atoms with Gasteiger partial charge >= 0.3 is 5.69 Å². The molecule has 0 amide bonds. The maximum absolute atomic E-state index is 11.7. The average Bonchev–Trinajstić information content (AvgIpc) is 2.50. The summed E-state index contributed by atoms with van der Waals surface area (Å²) < 4.78 is 3.08. The summed E-state index contributed by atoms with van der Waals surface area (Å²) in [7, 11) is 2.85. The van der Waals surface area contributed by atoms with E-state index in [4.69, 9.17) is 23.4 Å². The molecule has 80 valence electrons. The summed E-state index contributed by atoms with van der Waals surface area (Å²) in [5, 5.41) is -0.0510. The van der Waals surface area contributed by atoms with E-state index in [1.807, 2.05) is 0 Å². The molecule has 2 aromatic rings. The SMILES string of the molecule is Cn1c(=O)c2c(nc(Cl)n2Cl)n(C)c1=O. The third kappa shape index (κ3) is 1.22. The van der Waals surface area contributed by atoms with Crippen LogP contribution in [-0.2, 0) is 14.1 Å². The number of fused-ring (bicyclic) bond motifs is 1. The van der Waals surface area contributed by atoms with E-state index in [0.717, 1.165) is 8.65 Å². The van der Waals surface area contributed by atoms with Gasteiger partial charge < -0.3 is 0 Å². The highest BCUT2D eigenvalue weighted by Gasteiger charge is 2.16. The normalized spacial score (nSPS) is 11.2. The Morgan fingerprint density at radius 2 is 1.80 bits per heavy atom. The van der Waals surface area contributed by atoms with Gasteiger partial charge in [-0.05, 0) is 11.6 Å². The summed E-state index contributed by atoms with van der Waals surface area (Å²) >= 11 is 11.4. The van der Waals surface area contributed by atoms with Crippen LogP contribution in [0.25, 0.3) is 11.2 Å². The number of aromatic nitrogens is 4. The van der Waals surface area contributed by atoms with E-state index in [2.05, 4.69) is 4.98 Å². The van der Waals surface area contributed by atoms with E-state index in [0.29, 0.717) is 0 Å². The summed E-state index contributed by atoms with van der Waals surface area (Å²) in [6, 6.07) is 0. The molecule has 0 fully saturated rings. The average molecular weight is 249 g/mol. The van der Waals surface area contributed by atoms with Gasteiger partial charge in [0.1, 0.15) is 0 Å². The van der Waals surface area contributed by atoms with Crippen LogP contribution in [0.3, 0.4) is 0 Å². The first-order valence-corrected chi connectivity index (χ1v) is 4.67. The fourth-order valence-corrected chi connectivity index (χ4v) is 1.69. The number of hydrogen-bond donors (Lipinski definition) is 0. The summed E-state index contributed by atoms with van der Waals surface area (Å²) in [4.78, 5) is 27.0. The Bertz CT molecular complexity index is 666. The van der Waals surface area contributed by atoms with Crippen LogP contribution in [0.4, 0.5) is 0 Å². The first kappa shape index (κ1) is 10.3. The van der Waals surface area contributed by atoms with E-state index in [9.17, 15) is 9.59 Å². The molecule has 0 atom stereocenters. The molecule has 0 spiro atoms. The number of aryl methyl sites for hydroxylation is 1. The minimum absolute atomic E-state index is 0.0510. The summed E-state index contributed by atoms with van der Waals surface area (Å²) in [6.45, 7) is 0. The number of nitrogens with zero attached hydrogens (tertiary/aromatic N) is 4. The van der Waals surface area contributed by atoms with Gasteiger partial charge in [0.25, 0.3) is 5.56 Å². The second-order valence-corrected chi connectivity index (χ2v) is 3.72. The largest absolute Gasteiger partial charge is 0.332 e. The highest BCUT2D eigenvalue weighted by Crippen LogP contribution is 2.15. The molecule has 0 aromatic carbocycles. The molecule has 0 bridgehead atoms. The van der Waals surface area contributed by atoms with Crippen molar-refractivity contribution in [3.8, 4) is 0 Å². The zero-order valence-electron chi connectivity index (χ0n) is 7.86. The van der Waals surface area contributed by atoms with Gasteiger partial charge in [-0.15, -0.1) is 0 Å². The predicted octanol–water partition coefficient (Wildman–Crippen LogP) is 0.0890. The van der Waals surface area contributed by atoms with Gasteiger partial charge in [-0.1, -0.05) is 0 Å². The Hall–Kier alpha value is -1.27. The molecule has 0 saturated heterocycles. The zero-order valence-corrected chi connectivity index (χ0v) is 9.37. The maximum atomic E-state index is 11.7. The molecule has 0 aliphatic carbocycles. The van der Waals surface area contributed by atoms with Crippen LogP contribution in [0.2, 0.25) is 5.28 Å². The number of halogens is 2. The van der Waals surface area contributed by atoms with Crippen LogP contribution in [-0.4, -0.2) is 18.2 Å². The quantitative estimate of drug-likeness (QED) is 0.621. The van der Waals surface area contributed by atoms with Crippen molar-refractivity contribution in [1.29, 1.82) is 0 Å². The van der Waals surface area contributed by atoms with Crippen LogP contribution in [0.15, 0.2) is 9.59 Å².